The first-order valence-electron chi connectivity index (χ1n) is 7.08. The molecule has 0 aliphatic carbocycles. The number of aromatic nitrogens is 2. The van der Waals surface area contributed by atoms with Crippen molar-refractivity contribution in [1.82, 2.24) is 14.7 Å². The van der Waals surface area contributed by atoms with Crippen molar-refractivity contribution in [2.45, 2.75) is 26.3 Å². The number of fused-ring (bicyclic) bond motifs is 1. The molecular weight excluding hydrogens is 286 g/mol. The van der Waals surface area contributed by atoms with Gasteiger partial charge in [-0.3, -0.25) is 9.48 Å². The van der Waals surface area contributed by atoms with Gasteiger partial charge in [-0.1, -0.05) is 23.7 Å². The van der Waals surface area contributed by atoms with Crippen molar-refractivity contribution in [2.24, 2.45) is 7.05 Å². The third-order valence-corrected chi connectivity index (χ3v) is 4.32. The first-order chi connectivity index (χ1) is 10.0. The number of aryl methyl sites for hydroxylation is 2. The van der Waals surface area contributed by atoms with Crippen LogP contribution in [0.3, 0.4) is 0 Å². The Kier molecular flexibility index (Phi) is 3.72. The topological polar surface area (TPSA) is 38.1 Å². The second-order valence-corrected chi connectivity index (χ2v) is 5.94. The molecule has 0 fully saturated rings. The Morgan fingerprint density at radius 3 is 2.76 bits per heavy atom. The molecule has 5 heteroatoms. The molecule has 0 spiro atoms. The lowest BCUT2D eigenvalue weighted by Gasteiger charge is -2.27. The average Bonchev–Trinajstić information content (AvgIpc) is 2.76. The predicted molar refractivity (Wildman–Crippen MR) is 82.2 cm³/mol. The molecular formula is C16H18ClN3O. The fourth-order valence-corrected chi connectivity index (χ4v) is 3.01. The molecule has 1 aromatic carbocycles. The van der Waals surface area contributed by atoms with Crippen molar-refractivity contribution in [3.05, 3.63) is 51.8 Å². The molecule has 0 atom stereocenters. The zero-order valence-electron chi connectivity index (χ0n) is 12.3. The van der Waals surface area contributed by atoms with Crippen molar-refractivity contribution in [3.63, 3.8) is 0 Å². The van der Waals surface area contributed by atoms with Gasteiger partial charge in [0, 0.05) is 18.6 Å². The van der Waals surface area contributed by atoms with Gasteiger partial charge in [0.25, 0.3) is 0 Å². The highest BCUT2D eigenvalue weighted by Crippen LogP contribution is 2.22. The molecule has 0 radical (unpaired) electrons. The molecule has 1 aromatic heterocycles. The van der Waals surface area contributed by atoms with Gasteiger partial charge in [0.1, 0.15) is 0 Å². The summed E-state index contributed by atoms with van der Waals surface area (Å²) in [7, 11) is 1.94. The number of rotatable bonds is 2. The van der Waals surface area contributed by atoms with Crippen LogP contribution in [0.15, 0.2) is 24.3 Å². The van der Waals surface area contributed by atoms with Crippen LogP contribution in [0.5, 0.6) is 0 Å². The Morgan fingerprint density at radius 1 is 1.33 bits per heavy atom. The summed E-state index contributed by atoms with van der Waals surface area (Å²) in [6, 6.07) is 7.46. The molecule has 0 unspecified atom stereocenters. The van der Waals surface area contributed by atoms with Gasteiger partial charge in [0.2, 0.25) is 5.91 Å². The van der Waals surface area contributed by atoms with Gasteiger partial charge in [0.15, 0.2) is 0 Å². The molecule has 0 saturated heterocycles. The van der Waals surface area contributed by atoms with Crippen LogP contribution in [-0.2, 0) is 31.2 Å². The third-order valence-electron chi connectivity index (χ3n) is 4.07. The van der Waals surface area contributed by atoms with E-state index in [1.807, 2.05) is 47.8 Å². The van der Waals surface area contributed by atoms with Crippen LogP contribution < -0.4 is 0 Å². The Bertz CT molecular complexity index is 676. The van der Waals surface area contributed by atoms with Gasteiger partial charge < -0.3 is 4.90 Å². The second-order valence-electron chi connectivity index (χ2n) is 5.50. The van der Waals surface area contributed by atoms with Gasteiger partial charge in [-0.25, -0.2) is 0 Å². The largest absolute Gasteiger partial charge is 0.336 e. The van der Waals surface area contributed by atoms with E-state index in [9.17, 15) is 4.79 Å². The summed E-state index contributed by atoms with van der Waals surface area (Å²) >= 11 is 5.87. The number of benzene rings is 1. The maximum absolute atomic E-state index is 12.4. The zero-order chi connectivity index (χ0) is 15.0. The van der Waals surface area contributed by atoms with Crippen LogP contribution in [-0.4, -0.2) is 27.1 Å². The minimum atomic E-state index is 0.154. The zero-order valence-corrected chi connectivity index (χ0v) is 13.0. The lowest BCUT2D eigenvalue weighted by molar-refractivity contribution is -0.131. The van der Waals surface area contributed by atoms with Gasteiger partial charge in [-0.05, 0) is 36.6 Å². The van der Waals surface area contributed by atoms with E-state index in [1.54, 1.807) is 0 Å². The maximum Gasteiger partial charge on any atom is 0.227 e. The highest BCUT2D eigenvalue weighted by molar-refractivity contribution is 6.30. The molecule has 1 amide bonds. The predicted octanol–water partition coefficient (Wildman–Crippen LogP) is 2.51. The quantitative estimate of drug-likeness (QED) is 0.855. The molecule has 0 saturated carbocycles. The van der Waals surface area contributed by atoms with Crippen LogP contribution in [0, 0.1) is 6.92 Å². The van der Waals surface area contributed by atoms with Crippen LogP contribution in [0.4, 0.5) is 0 Å². The van der Waals surface area contributed by atoms with E-state index < -0.39 is 0 Å². The average molecular weight is 304 g/mol. The maximum atomic E-state index is 12.4. The minimum absolute atomic E-state index is 0.154. The summed E-state index contributed by atoms with van der Waals surface area (Å²) in [6.07, 6.45) is 1.31. The van der Waals surface area contributed by atoms with Crippen molar-refractivity contribution < 1.29 is 4.79 Å². The van der Waals surface area contributed by atoms with E-state index >= 15 is 0 Å². The molecule has 3 rings (SSSR count). The van der Waals surface area contributed by atoms with Gasteiger partial charge in [-0.15, -0.1) is 0 Å². The lowest BCUT2D eigenvalue weighted by Crippen LogP contribution is -2.37. The van der Waals surface area contributed by atoms with Gasteiger partial charge in [-0.2, -0.15) is 5.10 Å². The molecule has 0 bridgehead atoms. The number of amides is 1. The molecule has 1 aliphatic rings. The van der Waals surface area contributed by atoms with Crippen LogP contribution in [0.1, 0.15) is 22.5 Å². The highest BCUT2D eigenvalue weighted by atomic mass is 35.5. The molecule has 110 valence electrons. The molecule has 2 aromatic rings. The van der Waals surface area contributed by atoms with Crippen LogP contribution in [0.25, 0.3) is 0 Å². The number of carbonyl (C=O) groups is 1. The highest BCUT2D eigenvalue weighted by Gasteiger charge is 2.25. The smallest absolute Gasteiger partial charge is 0.227 e. The molecule has 21 heavy (non-hydrogen) atoms. The summed E-state index contributed by atoms with van der Waals surface area (Å²) in [4.78, 5) is 14.4. The monoisotopic (exact) mass is 303 g/mol. The molecule has 4 nitrogen and oxygen atoms in total. The van der Waals surface area contributed by atoms with E-state index in [0.717, 1.165) is 29.9 Å². The third kappa shape index (κ3) is 2.81. The molecule has 2 heterocycles. The summed E-state index contributed by atoms with van der Waals surface area (Å²) in [5.74, 6) is 0.154. The second kappa shape index (κ2) is 5.53. The van der Waals surface area contributed by atoms with E-state index in [0.29, 0.717) is 18.0 Å². The number of hydrogen-bond acceptors (Lipinski definition) is 2. The Hall–Kier alpha value is -1.81. The SMILES string of the molecule is Cc1nn(C)c2c1CCN(C(=O)Cc1ccc(Cl)cc1)C2. The van der Waals surface area contributed by atoms with E-state index in [4.69, 9.17) is 11.6 Å². The fourth-order valence-electron chi connectivity index (χ4n) is 2.88. The van der Waals surface area contributed by atoms with Crippen molar-refractivity contribution >= 4 is 17.5 Å². The number of halogens is 1. The van der Waals surface area contributed by atoms with Crippen LogP contribution in [0.2, 0.25) is 5.02 Å². The van der Waals surface area contributed by atoms with Gasteiger partial charge in [0.05, 0.1) is 24.4 Å². The van der Waals surface area contributed by atoms with Crippen LogP contribution >= 0.6 is 11.6 Å². The molecule has 0 N–H and O–H groups in total. The van der Waals surface area contributed by atoms with E-state index in [1.165, 1.54) is 5.56 Å². The van der Waals surface area contributed by atoms with Crippen molar-refractivity contribution in [3.8, 4) is 0 Å². The van der Waals surface area contributed by atoms with Gasteiger partial charge >= 0.3 is 0 Å². The molecule has 1 aliphatic heterocycles. The summed E-state index contributed by atoms with van der Waals surface area (Å²) < 4.78 is 1.90. The fraction of sp³-hybridized carbons (Fsp3) is 0.375. The number of nitrogens with zero attached hydrogens (tertiary/aromatic N) is 3. The summed E-state index contributed by atoms with van der Waals surface area (Å²) in [5.41, 5.74) is 4.53. The number of hydrogen-bond donors (Lipinski definition) is 0. The number of carbonyl (C=O) groups excluding carboxylic acids is 1. The Morgan fingerprint density at radius 2 is 2.05 bits per heavy atom. The van der Waals surface area contributed by atoms with E-state index in [-0.39, 0.29) is 5.91 Å². The van der Waals surface area contributed by atoms with Crippen molar-refractivity contribution in [1.29, 1.82) is 0 Å². The van der Waals surface area contributed by atoms with Crippen molar-refractivity contribution in [2.75, 3.05) is 6.54 Å². The summed E-state index contributed by atoms with van der Waals surface area (Å²) in [6.45, 7) is 3.45. The standard InChI is InChI=1S/C16H18ClN3O/c1-11-14-7-8-20(10-15(14)19(2)18-11)16(21)9-12-3-5-13(17)6-4-12/h3-6H,7-10H2,1-2H3. The summed E-state index contributed by atoms with van der Waals surface area (Å²) in [5, 5.41) is 5.14. The minimum Gasteiger partial charge on any atom is -0.336 e. The lowest BCUT2D eigenvalue weighted by atomic mass is 10.0. The first-order valence-corrected chi connectivity index (χ1v) is 7.46. The van der Waals surface area contributed by atoms with E-state index in [2.05, 4.69) is 5.10 Å². The normalized spacial score (nSPS) is 14.1. The first kappa shape index (κ1) is 14.1. The Labute approximate surface area is 129 Å². The Balaban J connectivity index is 1.72.